The van der Waals surface area contributed by atoms with Crippen molar-refractivity contribution >= 4 is 21.4 Å². The molecule has 0 aliphatic heterocycles. The average molecular weight is 459 g/mol. The van der Waals surface area contributed by atoms with E-state index >= 15 is 0 Å². The molecule has 8 heteroatoms. The van der Waals surface area contributed by atoms with Crippen LogP contribution in [0, 0.1) is 13.8 Å². The third-order valence-corrected chi connectivity index (χ3v) is 7.88. The number of rotatable bonds is 9. The van der Waals surface area contributed by atoms with Gasteiger partial charge in [-0.15, -0.1) is 11.3 Å². The zero-order chi connectivity index (χ0) is 22.0. The molecule has 2 aromatic carbocycles. The third kappa shape index (κ3) is 5.26. The fraction of sp³-hybridized carbons (Fsp3) is 0.348. The standard InChI is InChI=1S/C23H26N2O4S2/c1-16-10-17(2)12-21(11-16)29-14-23-24-18(15-30-23)13-25(19-4-5-19)31(26,27)22-8-6-20(28-3)7-9-22/h6-12,15,19H,4-5,13-14H2,1-3H3. The van der Waals surface area contributed by atoms with Crippen LogP contribution in [0.1, 0.15) is 34.7 Å². The van der Waals surface area contributed by atoms with Gasteiger partial charge in [-0.2, -0.15) is 4.31 Å². The van der Waals surface area contributed by atoms with Gasteiger partial charge in [-0.3, -0.25) is 0 Å². The highest BCUT2D eigenvalue weighted by Gasteiger charge is 2.38. The topological polar surface area (TPSA) is 68.7 Å². The van der Waals surface area contributed by atoms with Crippen LogP contribution in [0.3, 0.4) is 0 Å². The van der Waals surface area contributed by atoms with E-state index in [0.717, 1.165) is 40.4 Å². The molecule has 1 heterocycles. The molecule has 0 radical (unpaired) electrons. The average Bonchev–Trinajstić information content (AvgIpc) is 3.48. The fourth-order valence-corrected chi connectivity index (χ4v) is 5.82. The first-order valence-electron chi connectivity index (χ1n) is 10.2. The second-order valence-electron chi connectivity index (χ2n) is 7.80. The Morgan fingerprint density at radius 2 is 1.74 bits per heavy atom. The maximum atomic E-state index is 13.2. The predicted octanol–water partition coefficient (Wildman–Crippen LogP) is 4.70. The first-order chi connectivity index (χ1) is 14.8. The van der Waals surface area contributed by atoms with Gasteiger partial charge < -0.3 is 9.47 Å². The Hall–Kier alpha value is -2.42. The minimum absolute atomic E-state index is 0.0313. The Bertz CT molecular complexity index is 1130. The van der Waals surface area contributed by atoms with Crippen molar-refractivity contribution in [3.8, 4) is 11.5 Å². The van der Waals surface area contributed by atoms with E-state index in [1.807, 2.05) is 31.4 Å². The lowest BCUT2D eigenvalue weighted by Crippen LogP contribution is -2.32. The van der Waals surface area contributed by atoms with Gasteiger partial charge in [0, 0.05) is 11.4 Å². The molecular weight excluding hydrogens is 432 g/mol. The molecule has 0 saturated heterocycles. The van der Waals surface area contributed by atoms with Crippen LogP contribution in [0.2, 0.25) is 0 Å². The van der Waals surface area contributed by atoms with Crippen molar-refractivity contribution in [2.75, 3.05) is 7.11 Å². The lowest BCUT2D eigenvalue weighted by Gasteiger charge is -2.21. The SMILES string of the molecule is COc1ccc(S(=O)(=O)N(Cc2csc(COc3cc(C)cc(C)c3)n2)C2CC2)cc1. The Morgan fingerprint density at radius 3 is 2.35 bits per heavy atom. The van der Waals surface area contributed by atoms with Gasteiger partial charge in [0.2, 0.25) is 10.0 Å². The number of hydrogen-bond acceptors (Lipinski definition) is 6. The number of hydrogen-bond donors (Lipinski definition) is 0. The smallest absolute Gasteiger partial charge is 0.243 e. The van der Waals surface area contributed by atoms with Crippen LogP contribution in [-0.4, -0.2) is 30.9 Å². The molecule has 0 spiro atoms. The van der Waals surface area contributed by atoms with E-state index in [1.165, 1.54) is 11.3 Å². The zero-order valence-corrected chi connectivity index (χ0v) is 19.5. The summed E-state index contributed by atoms with van der Waals surface area (Å²) in [5, 5.41) is 2.74. The Balaban J connectivity index is 1.46. The van der Waals surface area contributed by atoms with Gasteiger partial charge in [0.25, 0.3) is 0 Å². The van der Waals surface area contributed by atoms with Gasteiger partial charge in [-0.25, -0.2) is 13.4 Å². The van der Waals surface area contributed by atoms with Gasteiger partial charge in [0.1, 0.15) is 23.1 Å². The highest BCUT2D eigenvalue weighted by Crippen LogP contribution is 2.34. The minimum atomic E-state index is -3.61. The Labute approximate surface area is 187 Å². The molecule has 164 valence electrons. The molecule has 1 saturated carbocycles. The maximum absolute atomic E-state index is 13.2. The molecule has 6 nitrogen and oxygen atoms in total. The van der Waals surface area contributed by atoms with Crippen LogP contribution in [-0.2, 0) is 23.2 Å². The summed E-state index contributed by atoms with van der Waals surface area (Å²) >= 11 is 1.49. The first-order valence-corrected chi connectivity index (χ1v) is 12.5. The van der Waals surface area contributed by atoms with Gasteiger partial charge in [-0.1, -0.05) is 6.07 Å². The van der Waals surface area contributed by atoms with Gasteiger partial charge in [0.05, 0.1) is 24.2 Å². The van der Waals surface area contributed by atoms with E-state index in [-0.39, 0.29) is 17.5 Å². The molecule has 0 N–H and O–H groups in total. The number of aryl methyl sites for hydroxylation is 2. The number of aromatic nitrogens is 1. The van der Waals surface area contributed by atoms with Crippen LogP contribution < -0.4 is 9.47 Å². The molecule has 0 bridgehead atoms. The molecule has 31 heavy (non-hydrogen) atoms. The van der Waals surface area contributed by atoms with Gasteiger partial charge >= 0.3 is 0 Å². The van der Waals surface area contributed by atoms with Crippen LogP contribution in [0.15, 0.2) is 52.7 Å². The molecular formula is C23H26N2O4S2. The summed E-state index contributed by atoms with van der Waals surface area (Å²) in [6, 6.07) is 12.6. The van der Waals surface area contributed by atoms with Gasteiger partial charge in [0.15, 0.2) is 0 Å². The summed E-state index contributed by atoms with van der Waals surface area (Å²) in [4.78, 5) is 4.89. The molecule has 1 aliphatic carbocycles. The predicted molar refractivity (Wildman–Crippen MR) is 121 cm³/mol. The summed E-state index contributed by atoms with van der Waals surface area (Å²) < 4.78 is 39.1. The summed E-state index contributed by atoms with van der Waals surface area (Å²) in [7, 11) is -2.05. The van der Waals surface area contributed by atoms with Crippen molar-refractivity contribution in [1.29, 1.82) is 0 Å². The second kappa shape index (κ2) is 8.98. The Kier molecular flexibility index (Phi) is 6.31. The molecule has 4 rings (SSSR count). The lowest BCUT2D eigenvalue weighted by molar-refractivity contribution is 0.304. The molecule has 1 aromatic heterocycles. The quantitative estimate of drug-likeness (QED) is 0.465. The molecule has 0 atom stereocenters. The van der Waals surface area contributed by atoms with E-state index in [2.05, 4.69) is 11.1 Å². The van der Waals surface area contributed by atoms with Crippen molar-refractivity contribution in [1.82, 2.24) is 9.29 Å². The number of thiazole rings is 1. The second-order valence-corrected chi connectivity index (χ2v) is 10.6. The Morgan fingerprint density at radius 1 is 1.06 bits per heavy atom. The van der Waals surface area contributed by atoms with E-state index in [9.17, 15) is 8.42 Å². The summed E-state index contributed by atoms with van der Waals surface area (Å²) in [5.41, 5.74) is 3.05. The zero-order valence-electron chi connectivity index (χ0n) is 17.9. The molecule has 3 aromatic rings. The maximum Gasteiger partial charge on any atom is 0.243 e. The monoisotopic (exact) mass is 458 g/mol. The fourth-order valence-electron chi connectivity index (χ4n) is 3.46. The van der Waals surface area contributed by atoms with E-state index < -0.39 is 10.0 Å². The largest absolute Gasteiger partial charge is 0.497 e. The summed E-state index contributed by atoms with van der Waals surface area (Å²) in [6.45, 7) is 4.70. The van der Waals surface area contributed by atoms with Crippen molar-refractivity contribution in [2.24, 2.45) is 0 Å². The van der Waals surface area contributed by atoms with E-state index in [4.69, 9.17) is 9.47 Å². The summed E-state index contributed by atoms with van der Waals surface area (Å²) in [6.07, 6.45) is 1.75. The van der Waals surface area contributed by atoms with Crippen LogP contribution in [0.4, 0.5) is 0 Å². The third-order valence-electron chi connectivity index (χ3n) is 5.09. The normalized spacial score (nSPS) is 14.1. The first kappa shape index (κ1) is 21.8. The van der Waals surface area contributed by atoms with Crippen LogP contribution >= 0.6 is 11.3 Å². The number of methoxy groups -OCH3 is 1. The van der Waals surface area contributed by atoms with E-state index in [1.54, 1.807) is 35.7 Å². The van der Waals surface area contributed by atoms with Crippen molar-refractivity contribution in [2.45, 2.75) is 50.8 Å². The lowest BCUT2D eigenvalue weighted by atomic mass is 10.1. The molecule has 1 aliphatic rings. The van der Waals surface area contributed by atoms with Crippen LogP contribution in [0.25, 0.3) is 0 Å². The van der Waals surface area contributed by atoms with Crippen molar-refractivity contribution in [3.63, 3.8) is 0 Å². The van der Waals surface area contributed by atoms with Gasteiger partial charge in [-0.05, 0) is 74.2 Å². The number of sulfonamides is 1. The number of ether oxygens (including phenoxy) is 2. The molecule has 1 fully saturated rings. The highest BCUT2D eigenvalue weighted by atomic mass is 32.2. The molecule has 0 unspecified atom stereocenters. The van der Waals surface area contributed by atoms with E-state index in [0.29, 0.717) is 12.4 Å². The van der Waals surface area contributed by atoms with Crippen LogP contribution in [0.5, 0.6) is 11.5 Å². The van der Waals surface area contributed by atoms with Crippen molar-refractivity contribution in [3.05, 3.63) is 69.7 Å². The number of benzene rings is 2. The molecule has 0 amide bonds. The number of nitrogens with zero attached hydrogens (tertiary/aromatic N) is 2. The summed E-state index contributed by atoms with van der Waals surface area (Å²) in [5.74, 6) is 1.45. The van der Waals surface area contributed by atoms with Crippen molar-refractivity contribution < 1.29 is 17.9 Å². The highest BCUT2D eigenvalue weighted by molar-refractivity contribution is 7.89. The minimum Gasteiger partial charge on any atom is -0.497 e.